The molecule has 128 valence electrons. The summed E-state index contributed by atoms with van der Waals surface area (Å²) < 4.78 is 0.911. The summed E-state index contributed by atoms with van der Waals surface area (Å²) in [4.78, 5) is 28.1. The van der Waals surface area contributed by atoms with Crippen molar-refractivity contribution >= 4 is 44.2 Å². The third-order valence-corrected chi connectivity index (χ3v) is 4.80. The molecule has 25 heavy (non-hydrogen) atoms. The first-order valence-electron chi connectivity index (χ1n) is 8.11. The van der Waals surface area contributed by atoms with Crippen molar-refractivity contribution in [1.82, 2.24) is 4.98 Å². The number of nitrogens with zero attached hydrogens (tertiary/aromatic N) is 1. The van der Waals surface area contributed by atoms with E-state index in [1.807, 2.05) is 55.5 Å². The molecule has 2 N–H and O–H groups in total. The van der Waals surface area contributed by atoms with Crippen molar-refractivity contribution in [2.24, 2.45) is 0 Å². The van der Waals surface area contributed by atoms with E-state index in [0.29, 0.717) is 5.13 Å². The SMILES string of the molecule is CC[C@@H](C(=O)Nc1ccc2nc(NC(C)=O)sc2c1)c1ccccc1. The third kappa shape index (κ3) is 4.03. The van der Waals surface area contributed by atoms with Crippen LogP contribution in [0.2, 0.25) is 0 Å². The summed E-state index contributed by atoms with van der Waals surface area (Å²) in [5, 5.41) is 6.23. The highest BCUT2D eigenvalue weighted by Gasteiger charge is 2.18. The molecular formula is C19H19N3O2S. The first kappa shape index (κ1) is 17.1. The first-order valence-corrected chi connectivity index (χ1v) is 8.92. The Morgan fingerprint density at radius 2 is 1.88 bits per heavy atom. The van der Waals surface area contributed by atoms with E-state index in [1.54, 1.807) is 0 Å². The number of rotatable bonds is 5. The second kappa shape index (κ2) is 7.44. The van der Waals surface area contributed by atoms with Gasteiger partial charge in [-0.05, 0) is 30.2 Å². The fraction of sp³-hybridized carbons (Fsp3) is 0.211. The summed E-state index contributed by atoms with van der Waals surface area (Å²) in [6.45, 7) is 3.45. The molecule has 5 nitrogen and oxygen atoms in total. The predicted molar refractivity (Wildman–Crippen MR) is 102 cm³/mol. The average molecular weight is 353 g/mol. The number of thiazole rings is 1. The van der Waals surface area contributed by atoms with Crippen LogP contribution in [0.1, 0.15) is 31.7 Å². The minimum absolute atomic E-state index is 0.0281. The van der Waals surface area contributed by atoms with Crippen LogP contribution in [0.25, 0.3) is 10.2 Å². The van der Waals surface area contributed by atoms with Crippen molar-refractivity contribution < 1.29 is 9.59 Å². The molecule has 6 heteroatoms. The van der Waals surface area contributed by atoms with E-state index in [9.17, 15) is 9.59 Å². The minimum atomic E-state index is -0.187. The second-order valence-corrected chi connectivity index (χ2v) is 6.77. The summed E-state index contributed by atoms with van der Waals surface area (Å²) in [6, 6.07) is 15.3. The number of nitrogens with one attached hydrogen (secondary N) is 2. The maximum Gasteiger partial charge on any atom is 0.231 e. The van der Waals surface area contributed by atoms with E-state index in [1.165, 1.54) is 18.3 Å². The summed E-state index contributed by atoms with van der Waals surface area (Å²) >= 11 is 1.38. The Labute approximate surface area is 150 Å². The van der Waals surface area contributed by atoms with E-state index in [4.69, 9.17) is 0 Å². The van der Waals surface area contributed by atoms with Crippen molar-refractivity contribution in [2.75, 3.05) is 10.6 Å². The zero-order valence-electron chi connectivity index (χ0n) is 14.1. The van der Waals surface area contributed by atoms with Crippen LogP contribution in [0.5, 0.6) is 0 Å². The van der Waals surface area contributed by atoms with Crippen molar-refractivity contribution in [2.45, 2.75) is 26.2 Å². The predicted octanol–water partition coefficient (Wildman–Crippen LogP) is 4.39. The van der Waals surface area contributed by atoms with Gasteiger partial charge in [0.15, 0.2) is 5.13 Å². The van der Waals surface area contributed by atoms with Gasteiger partial charge in [0, 0.05) is 12.6 Å². The Hall–Kier alpha value is -2.73. The molecule has 0 spiro atoms. The summed E-state index contributed by atoms with van der Waals surface area (Å²) in [5.74, 6) is -0.367. The van der Waals surface area contributed by atoms with Gasteiger partial charge in [0.05, 0.1) is 16.1 Å². The quantitative estimate of drug-likeness (QED) is 0.715. The maximum atomic E-state index is 12.7. The molecule has 0 saturated heterocycles. The zero-order chi connectivity index (χ0) is 17.8. The van der Waals surface area contributed by atoms with Gasteiger partial charge >= 0.3 is 0 Å². The number of aromatic nitrogens is 1. The Balaban J connectivity index is 1.79. The topological polar surface area (TPSA) is 71.1 Å². The number of fused-ring (bicyclic) bond motifs is 1. The highest BCUT2D eigenvalue weighted by molar-refractivity contribution is 7.22. The van der Waals surface area contributed by atoms with Crippen molar-refractivity contribution in [3.63, 3.8) is 0 Å². The molecule has 3 rings (SSSR count). The fourth-order valence-corrected chi connectivity index (χ4v) is 3.64. The van der Waals surface area contributed by atoms with Crippen LogP contribution >= 0.6 is 11.3 Å². The normalized spacial score (nSPS) is 11.9. The Kier molecular flexibility index (Phi) is 5.09. The highest BCUT2D eigenvalue weighted by atomic mass is 32.1. The Morgan fingerprint density at radius 1 is 1.12 bits per heavy atom. The molecule has 2 aromatic carbocycles. The molecule has 0 radical (unpaired) electrons. The lowest BCUT2D eigenvalue weighted by molar-refractivity contribution is -0.117. The number of hydrogen-bond donors (Lipinski definition) is 2. The van der Waals surface area contributed by atoms with Crippen LogP contribution < -0.4 is 10.6 Å². The molecule has 0 saturated carbocycles. The molecule has 0 aliphatic heterocycles. The summed E-state index contributed by atoms with van der Waals surface area (Å²) in [7, 11) is 0. The van der Waals surface area contributed by atoms with Gasteiger partial charge in [0.2, 0.25) is 11.8 Å². The van der Waals surface area contributed by atoms with Gasteiger partial charge in [-0.2, -0.15) is 0 Å². The van der Waals surface area contributed by atoms with Crippen LogP contribution in [-0.2, 0) is 9.59 Å². The molecular weight excluding hydrogens is 334 g/mol. The second-order valence-electron chi connectivity index (χ2n) is 5.74. The van der Waals surface area contributed by atoms with E-state index in [0.717, 1.165) is 27.9 Å². The van der Waals surface area contributed by atoms with E-state index in [-0.39, 0.29) is 17.7 Å². The van der Waals surface area contributed by atoms with Crippen molar-refractivity contribution in [3.05, 3.63) is 54.1 Å². The van der Waals surface area contributed by atoms with E-state index < -0.39 is 0 Å². The Morgan fingerprint density at radius 3 is 2.56 bits per heavy atom. The Bertz CT molecular complexity index is 905. The molecule has 0 unspecified atom stereocenters. The van der Waals surface area contributed by atoms with Gasteiger partial charge in [-0.15, -0.1) is 0 Å². The van der Waals surface area contributed by atoms with Crippen LogP contribution in [0.4, 0.5) is 10.8 Å². The number of amides is 2. The number of hydrogen-bond acceptors (Lipinski definition) is 4. The first-order chi connectivity index (χ1) is 12.1. The maximum absolute atomic E-state index is 12.7. The van der Waals surface area contributed by atoms with E-state index in [2.05, 4.69) is 15.6 Å². The van der Waals surface area contributed by atoms with Gasteiger partial charge < -0.3 is 10.6 Å². The summed E-state index contributed by atoms with van der Waals surface area (Å²) in [5.41, 5.74) is 2.53. The lowest BCUT2D eigenvalue weighted by Gasteiger charge is -2.15. The van der Waals surface area contributed by atoms with Gasteiger partial charge in [-0.1, -0.05) is 48.6 Å². The average Bonchev–Trinajstić information content (AvgIpc) is 2.97. The minimum Gasteiger partial charge on any atom is -0.326 e. The molecule has 1 aromatic heterocycles. The van der Waals surface area contributed by atoms with Gasteiger partial charge in [0.1, 0.15) is 0 Å². The number of carbonyl (C=O) groups is 2. The van der Waals surface area contributed by atoms with Crippen LogP contribution in [0, 0.1) is 0 Å². The third-order valence-electron chi connectivity index (χ3n) is 3.87. The monoisotopic (exact) mass is 353 g/mol. The molecule has 3 aromatic rings. The molecule has 1 atom stereocenters. The van der Waals surface area contributed by atoms with E-state index >= 15 is 0 Å². The van der Waals surface area contributed by atoms with Crippen LogP contribution in [0.3, 0.4) is 0 Å². The number of benzene rings is 2. The lowest BCUT2D eigenvalue weighted by Crippen LogP contribution is -2.20. The smallest absolute Gasteiger partial charge is 0.231 e. The largest absolute Gasteiger partial charge is 0.326 e. The highest BCUT2D eigenvalue weighted by Crippen LogP contribution is 2.29. The number of anilines is 2. The summed E-state index contributed by atoms with van der Waals surface area (Å²) in [6.07, 6.45) is 0.728. The molecule has 0 bridgehead atoms. The van der Waals surface area contributed by atoms with Crippen LogP contribution in [-0.4, -0.2) is 16.8 Å². The lowest BCUT2D eigenvalue weighted by atomic mass is 9.95. The fourth-order valence-electron chi connectivity index (χ4n) is 2.69. The molecule has 0 aliphatic rings. The van der Waals surface area contributed by atoms with Gasteiger partial charge in [0.25, 0.3) is 0 Å². The molecule has 0 fully saturated rings. The number of carbonyl (C=O) groups excluding carboxylic acids is 2. The zero-order valence-corrected chi connectivity index (χ0v) is 14.9. The van der Waals surface area contributed by atoms with Crippen LogP contribution in [0.15, 0.2) is 48.5 Å². The molecule has 1 heterocycles. The van der Waals surface area contributed by atoms with Crippen molar-refractivity contribution in [3.8, 4) is 0 Å². The van der Waals surface area contributed by atoms with Gasteiger partial charge in [-0.25, -0.2) is 4.98 Å². The standard InChI is InChI=1S/C19H19N3O2S/c1-3-15(13-7-5-4-6-8-13)18(24)21-14-9-10-16-17(11-14)25-19(22-16)20-12(2)23/h4-11,15H,3H2,1-2H3,(H,21,24)(H,20,22,23)/t15-/m1/s1. The van der Waals surface area contributed by atoms with Crippen molar-refractivity contribution in [1.29, 1.82) is 0 Å². The molecule has 2 amide bonds. The molecule has 0 aliphatic carbocycles. The van der Waals surface area contributed by atoms with Gasteiger partial charge in [-0.3, -0.25) is 9.59 Å².